The summed E-state index contributed by atoms with van der Waals surface area (Å²) in [5.74, 6) is -1.53. The molecule has 0 unspecified atom stereocenters. The zero-order valence-corrected chi connectivity index (χ0v) is 14.0. The highest BCUT2D eigenvalue weighted by molar-refractivity contribution is 8.26. The molecule has 1 atom stereocenters. The second kappa shape index (κ2) is 6.94. The van der Waals surface area contributed by atoms with Crippen LogP contribution in [-0.4, -0.2) is 31.2 Å². The molecule has 1 aliphatic rings. The summed E-state index contributed by atoms with van der Waals surface area (Å²) in [4.78, 5) is 29.9. The second-order valence-corrected chi connectivity index (χ2v) is 6.66. The van der Waals surface area contributed by atoms with Gasteiger partial charge in [0.05, 0.1) is 4.91 Å². The topological polar surface area (TPSA) is 70.5 Å². The summed E-state index contributed by atoms with van der Waals surface area (Å²) in [6.07, 6.45) is 4.93. The number of aliphatic carboxylic acids is 1. The maximum Gasteiger partial charge on any atom is 0.331 e. The van der Waals surface area contributed by atoms with Crippen molar-refractivity contribution >= 4 is 46.3 Å². The predicted molar refractivity (Wildman–Crippen MR) is 96.1 cm³/mol. The van der Waals surface area contributed by atoms with E-state index < -0.39 is 17.9 Å². The number of aromatic nitrogens is 1. The molecule has 0 spiro atoms. The molecule has 1 aliphatic heterocycles. The number of nitrogens with zero attached hydrogens (tertiary/aromatic N) is 2. The number of amides is 1. The second-order valence-electron chi connectivity index (χ2n) is 4.98. The van der Waals surface area contributed by atoms with Crippen molar-refractivity contribution in [2.45, 2.75) is 6.04 Å². The van der Waals surface area contributed by atoms with Crippen LogP contribution in [0.2, 0.25) is 0 Å². The maximum atomic E-state index is 12.7. The van der Waals surface area contributed by atoms with Crippen LogP contribution in [0, 0.1) is 0 Å². The Balaban J connectivity index is 1.96. The molecule has 0 aliphatic carbocycles. The highest BCUT2D eigenvalue weighted by atomic mass is 32.2. The molecular formula is C17H12N2O3S2. The van der Waals surface area contributed by atoms with E-state index in [9.17, 15) is 14.7 Å². The van der Waals surface area contributed by atoms with Gasteiger partial charge in [0.2, 0.25) is 0 Å². The first-order valence-electron chi connectivity index (χ1n) is 7.03. The van der Waals surface area contributed by atoms with Crippen molar-refractivity contribution in [3.63, 3.8) is 0 Å². The van der Waals surface area contributed by atoms with Crippen molar-refractivity contribution < 1.29 is 14.7 Å². The largest absolute Gasteiger partial charge is 0.479 e. The molecule has 3 rings (SSSR count). The minimum Gasteiger partial charge on any atom is -0.479 e. The minimum absolute atomic E-state index is 0.233. The predicted octanol–water partition coefficient (Wildman–Crippen LogP) is 3.11. The average molecular weight is 356 g/mol. The molecule has 5 nitrogen and oxygen atoms in total. The van der Waals surface area contributed by atoms with Crippen molar-refractivity contribution in [1.82, 2.24) is 9.88 Å². The van der Waals surface area contributed by atoms with Gasteiger partial charge in [-0.05, 0) is 29.3 Å². The van der Waals surface area contributed by atoms with Gasteiger partial charge in [-0.25, -0.2) is 4.79 Å². The van der Waals surface area contributed by atoms with E-state index in [2.05, 4.69) is 4.98 Å². The minimum atomic E-state index is -1.14. The summed E-state index contributed by atoms with van der Waals surface area (Å²) in [6.45, 7) is 0. The van der Waals surface area contributed by atoms with Crippen molar-refractivity contribution in [3.05, 3.63) is 70.9 Å². The van der Waals surface area contributed by atoms with Crippen molar-refractivity contribution in [2.75, 3.05) is 0 Å². The van der Waals surface area contributed by atoms with Crippen molar-refractivity contribution in [1.29, 1.82) is 0 Å². The number of pyridine rings is 1. The van der Waals surface area contributed by atoms with Gasteiger partial charge in [0, 0.05) is 12.4 Å². The van der Waals surface area contributed by atoms with E-state index in [4.69, 9.17) is 12.2 Å². The van der Waals surface area contributed by atoms with E-state index in [0.29, 0.717) is 10.5 Å². The number of carboxylic acid groups (broad SMARTS) is 1. The Bertz CT molecular complexity index is 822. The van der Waals surface area contributed by atoms with Crippen LogP contribution in [0.1, 0.15) is 17.2 Å². The summed E-state index contributed by atoms with van der Waals surface area (Å²) in [6, 6.07) is 11.0. The fourth-order valence-corrected chi connectivity index (χ4v) is 3.66. The molecule has 1 fully saturated rings. The fraction of sp³-hybridized carbons (Fsp3) is 0.0588. The van der Waals surface area contributed by atoms with Crippen molar-refractivity contribution in [2.24, 2.45) is 0 Å². The first kappa shape index (κ1) is 16.4. The number of carbonyl (C=O) groups excluding carboxylic acids is 1. The van der Waals surface area contributed by atoms with Crippen LogP contribution in [0.25, 0.3) is 6.08 Å². The van der Waals surface area contributed by atoms with Gasteiger partial charge < -0.3 is 5.11 Å². The number of thiocarbonyl (C=S) groups is 1. The average Bonchev–Trinajstić information content (AvgIpc) is 2.85. The number of thioether (sulfide) groups is 1. The molecule has 24 heavy (non-hydrogen) atoms. The molecule has 1 saturated heterocycles. The Kier molecular flexibility index (Phi) is 4.73. The van der Waals surface area contributed by atoms with Gasteiger partial charge in [0.1, 0.15) is 4.32 Å². The van der Waals surface area contributed by atoms with Gasteiger partial charge in [-0.15, -0.1) is 0 Å². The Morgan fingerprint density at radius 3 is 2.50 bits per heavy atom. The van der Waals surface area contributed by atoms with Gasteiger partial charge >= 0.3 is 5.97 Å². The van der Waals surface area contributed by atoms with E-state index in [1.807, 2.05) is 0 Å². The lowest BCUT2D eigenvalue weighted by atomic mass is 10.1. The van der Waals surface area contributed by atoms with Crippen LogP contribution >= 0.6 is 24.0 Å². The summed E-state index contributed by atoms with van der Waals surface area (Å²) in [5.41, 5.74) is 1.31. The quantitative estimate of drug-likeness (QED) is 0.670. The third kappa shape index (κ3) is 3.22. The van der Waals surface area contributed by atoms with Crippen LogP contribution in [-0.2, 0) is 9.59 Å². The molecule has 120 valence electrons. The molecule has 2 heterocycles. The van der Waals surface area contributed by atoms with E-state index in [-0.39, 0.29) is 4.32 Å². The monoisotopic (exact) mass is 356 g/mol. The Morgan fingerprint density at radius 1 is 1.21 bits per heavy atom. The van der Waals surface area contributed by atoms with E-state index in [0.717, 1.165) is 22.2 Å². The van der Waals surface area contributed by atoms with Crippen LogP contribution in [0.3, 0.4) is 0 Å². The molecule has 0 saturated carbocycles. The highest BCUT2D eigenvalue weighted by Crippen LogP contribution is 2.38. The zero-order valence-electron chi connectivity index (χ0n) is 12.3. The Hall–Kier alpha value is -2.51. The van der Waals surface area contributed by atoms with Gasteiger partial charge in [-0.3, -0.25) is 14.7 Å². The molecule has 0 bridgehead atoms. The van der Waals surface area contributed by atoms with Gasteiger partial charge in [0.25, 0.3) is 5.91 Å². The molecule has 1 aromatic carbocycles. The summed E-state index contributed by atoms with van der Waals surface area (Å²) < 4.78 is 0.233. The molecule has 0 radical (unpaired) electrons. The molecule has 1 amide bonds. The Labute approximate surface area is 148 Å². The molecule has 2 aromatic rings. The lowest BCUT2D eigenvalue weighted by Gasteiger charge is -2.23. The maximum absolute atomic E-state index is 12.7. The van der Waals surface area contributed by atoms with E-state index >= 15 is 0 Å². The summed E-state index contributed by atoms with van der Waals surface area (Å²) >= 11 is 6.36. The van der Waals surface area contributed by atoms with E-state index in [1.54, 1.807) is 60.9 Å². The third-order valence-electron chi connectivity index (χ3n) is 3.43. The number of hydrogen-bond acceptors (Lipinski definition) is 5. The number of carboxylic acids is 1. The SMILES string of the molecule is O=C(O)[C@@H](c1ccccc1)N1C(=O)/C(=C\c2ccncc2)SC1=S. The lowest BCUT2D eigenvalue weighted by molar-refractivity contribution is -0.145. The number of benzene rings is 1. The molecular weight excluding hydrogens is 344 g/mol. The standard InChI is InChI=1S/C17H12N2O3S2/c20-15-13(10-11-6-8-18-9-7-11)24-17(23)19(15)14(16(21)22)12-4-2-1-3-5-12/h1-10,14H,(H,21,22)/b13-10+/t14-/m1/s1. The van der Waals surface area contributed by atoms with Gasteiger partial charge in [0.15, 0.2) is 6.04 Å². The smallest absolute Gasteiger partial charge is 0.331 e. The van der Waals surface area contributed by atoms with Crippen LogP contribution in [0.15, 0.2) is 59.8 Å². The first-order chi connectivity index (χ1) is 11.6. The number of rotatable bonds is 4. The van der Waals surface area contributed by atoms with Crippen molar-refractivity contribution in [3.8, 4) is 0 Å². The first-order valence-corrected chi connectivity index (χ1v) is 8.25. The normalized spacial score (nSPS) is 17.3. The summed E-state index contributed by atoms with van der Waals surface area (Å²) in [7, 11) is 0. The van der Waals surface area contributed by atoms with Gasteiger partial charge in [-0.2, -0.15) is 0 Å². The summed E-state index contributed by atoms with van der Waals surface area (Å²) in [5, 5.41) is 9.61. The van der Waals surface area contributed by atoms with Crippen LogP contribution in [0.5, 0.6) is 0 Å². The molecule has 1 aromatic heterocycles. The fourth-order valence-electron chi connectivity index (χ4n) is 2.35. The van der Waals surface area contributed by atoms with Crippen LogP contribution in [0.4, 0.5) is 0 Å². The number of carbonyl (C=O) groups is 2. The zero-order chi connectivity index (χ0) is 17.1. The Morgan fingerprint density at radius 2 is 1.88 bits per heavy atom. The number of hydrogen-bond donors (Lipinski definition) is 1. The van der Waals surface area contributed by atoms with E-state index in [1.165, 1.54) is 0 Å². The van der Waals surface area contributed by atoms with Gasteiger partial charge in [-0.1, -0.05) is 54.3 Å². The third-order valence-corrected chi connectivity index (χ3v) is 4.77. The van der Waals surface area contributed by atoms with Crippen LogP contribution < -0.4 is 0 Å². The molecule has 1 N–H and O–H groups in total. The highest BCUT2D eigenvalue weighted by Gasteiger charge is 2.41. The lowest BCUT2D eigenvalue weighted by Crippen LogP contribution is -2.37. The molecule has 7 heteroatoms.